The number of hydrazone groups is 1. The van der Waals surface area contributed by atoms with Crippen LogP contribution in [0.2, 0.25) is 5.02 Å². The summed E-state index contributed by atoms with van der Waals surface area (Å²) in [6.45, 7) is 0. The largest absolute Gasteiger partial charge is 0.273 e. The van der Waals surface area contributed by atoms with Gasteiger partial charge in [-0.15, -0.1) is 0 Å². The molecule has 3 aromatic rings. The number of halogens is 1. The number of hydrogen-bond acceptors (Lipinski definition) is 4. The highest BCUT2D eigenvalue weighted by atomic mass is 35.5. The minimum absolute atomic E-state index is 0.289. The Kier molecular flexibility index (Phi) is 4.18. The quantitative estimate of drug-likeness (QED) is 0.620. The Morgan fingerprint density at radius 2 is 1.41 bits per heavy atom. The lowest BCUT2D eigenvalue weighted by molar-refractivity contribution is -0.121. The van der Waals surface area contributed by atoms with Crippen LogP contribution in [0.1, 0.15) is 5.56 Å². The average molecular weight is 402 g/mol. The van der Waals surface area contributed by atoms with E-state index in [0.717, 1.165) is 11.3 Å². The van der Waals surface area contributed by atoms with Gasteiger partial charge in [-0.2, -0.15) is 5.10 Å². The van der Waals surface area contributed by atoms with Crippen molar-refractivity contribution in [1.82, 2.24) is 0 Å². The maximum Gasteiger partial charge on any atom is 0.259 e. The molecule has 0 N–H and O–H groups in total. The molecule has 3 aromatic carbocycles. The number of para-hydroxylation sites is 1. The molecule has 0 unspecified atom stereocenters. The number of anilines is 2. The Hall–Kier alpha value is -3.44. The molecule has 2 aliphatic heterocycles. The summed E-state index contributed by atoms with van der Waals surface area (Å²) in [4.78, 5) is 28.1. The summed E-state index contributed by atoms with van der Waals surface area (Å²) < 4.78 is 0. The number of rotatable bonds is 3. The van der Waals surface area contributed by atoms with Gasteiger partial charge in [-0.3, -0.25) is 14.6 Å². The zero-order valence-corrected chi connectivity index (χ0v) is 16.0. The summed E-state index contributed by atoms with van der Waals surface area (Å²) in [5, 5.41) is 6.85. The monoisotopic (exact) mass is 401 g/mol. The van der Waals surface area contributed by atoms with E-state index in [-0.39, 0.29) is 11.8 Å². The zero-order chi connectivity index (χ0) is 20.0. The molecule has 2 amide bonds. The SMILES string of the molecule is O=C1[C@H]2C(c3ccccc3)=NN(c3ccccc3)[C@H]2C(=O)N1c1cccc(Cl)c1. The van der Waals surface area contributed by atoms with Gasteiger partial charge in [0.2, 0.25) is 5.91 Å². The number of carbonyl (C=O) groups is 2. The minimum Gasteiger partial charge on any atom is -0.273 e. The predicted molar refractivity (Wildman–Crippen MR) is 113 cm³/mol. The summed E-state index contributed by atoms with van der Waals surface area (Å²) in [6, 6.07) is 25.0. The Morgan fingerprint density at radius 3 is 2.10 bits per heavy atom. The van der Waals surface area contributed by atoms with Crippen LogP contribution in [-0.4, -0.2) is 23.6 Å². The molecular formula is C23H16ClN3O2. The molecule has 0 aromatic heterocycles. The highest BCUT2D eigenvalue weighted by Crippen LogP contribution is 2.39. The lowest BCUT2D eigenvalue weighted by atomic mass is 9.93. The number of amides is 2. The van der Waals surface area contributed by atoms with Crippen molar-refractivity contribution < 1.29 is 9.59 Å². The van der Waals surface area contributed by atoms with Crippen LogP contribution in [0.5, 0.6) is 0 Å². The predicted octanol–water partition coefficient (Wildman–Crippen LogP) is 4.12. The molecular weight excluding hydrogens is 386 g/mol. The molecule has 0 spiro atoms. The number of carbonyl (C=O) groups excluding carboxylic acids is 2. The molecule has 2 heterocycles. The molecule has 0 saturated carbocycles. The van der Waals surface area contributed by atoms with Crippen LogP contribution in [0.4, 0.5) is 11.4 Å². The molecule has 142 valence electrons. The van der Waals surface area contributed by atoms with E-state index in [2.05, 4.69) is 0 Å². The minimum atomic E-state index is -0.723. The van der Waals surface area contributed by atoms with Gasteiger partial charge in [0.25, 0.3) is 5.91 Å². The maximum absolute atomic E-state index is 13.4. The fourth-order valence-electron chi connectivity index (χ4n) is 3.93. The van der Waals surface area contributed by atoms with Crippen LogP contribution in [0, 0.1) is 5.92 Å². The lowest BCUT2D eigenvalue weighted by Crippen LogP contribution is -2.39. The van der Waals surface area contributed by atoms with Gasteiger partial charge in [-0.1, -0.05) is 66.2 Å². The van der Waals surface area contributed by atoms with Gasteiger partial charge in [-0.05, 0) is 35.9 Å². The van der Waals surface area contributed by atoms with Crippen molar-refractivity contribution in [2.45, 2.75) is 6.04 Å². The van der Waals surface area contributed by atoms with Gasteiger partial charge in [0.15, 0.2) is 0 Å². The molecule has 29 heavy (non-hydrogen) atoms. The fraction of sp³-hybridized carbons (Fsp3) is 0.0870. The van der Waals surface area contributed by atoms with Gasteiger partial charge in [0.1, 0.15) is 12.0 Å². The number of benzene rings is 3. The second kappa shape index (κ2) is 6.87. The van der Waals surface area contributed by atoms with Crippen LogP contribution >= 0.6 is 11.6 Å². The van der Waals surface area contributed by atoms with Crippen LogP contribution in [0.3, 0.4) is 0 Å². The summed E-state index contributed by atoms with van der Waals surface area (Å²) in [5.74, 6) is -1.27. The highest BCUT2D eigenvalue weighted by Gasteiger charge is 2.57. The molecule has 0 bridgehead atoms. The number of hydrogen-bond donors (Lipinski definition) is 0. The smallest absolute Gasteiger partial charge is 0.259 e. The van der Waals surface area contributed by atoms with Crippen molar-refractivity contribution in [1.29, 1.82) is 0 Å². The van der Waals surface area contributed by atoms with Crippen LogP contribution in [-0.2, 0) is 9.59 Å². The van der Waals surface area contributed by atoms with Crippen molar-refractivity contribution in [3.8, 4) is 0 Å². The van der Waals surface area contributed by atoms with Crippen LogP contribution in [0.15, 0.2) is 90.0 Å². The van der Waals surface area contributed by atoms with E-state index in [1.165, 1.54) is 4.90 Å². The molecule has 5 nitrogen and oxygen atoms in total. The van der Waals surface area contributed by atoms with Crippen molar-refractivity contribution in [3.05, 3.63) is 95.5 Å². The van der Waals surface area contributed by atoms with Gasteiger partial charge in [0.05, 0.1) is 17.1 Å². The Bertz CT molecular complexity index is 1130. The van der Waals surface area contributed by atoms with Crippen LogP contribution in [0.25, 0.3) is 0 Å². The number of imide groups is 1. The standard InChI is InChI=1S/C23H16ClN3O2/c24-16-10-7-13-18(14-16)26-22(28)19-20(15-8-3-1-4-9-15)25-27(21(19)23(26)29)17-11-5-2-6-12-17/h1-14,19,21H/t19-,21+/m0/s1. The van der Waals surface area contributed by atoms with E-state index in [4.69, 9.17) is 16.7 Å². The van der Waals surface area contributed by atoms with Gasteiger partial charge >= 0.3 is 0 Å². The second-order valence-corrected chi connectivity index (χ2v) is 7.38. The third-order valence-corrected chi connectivity index (χ3v) is 5.44. The molecule has 6 heteroatoms. The van der Waals surface area contributed by atoms with E-state index in [1.54, 1.807) is 29.3 Å². The topological polar surface area (TPSA) is 53.0 Å². The van der Waals surface area contributed by atoms with Crippen LogP contribution < -0.4 is 9.91 Å². The number of nitrogens with zero attached hydrogens (tertiary/aromatic N) is 3. The molecule has 0 radical (unpaired) electrons. The third-order valence-electron chi connectivity index (χ3n) is 5.21. The first-order chi connectivity index (χ1) is 14.1. The second-order valence-electron chi connectivity index (χ2n) is 6.95. The maximum atomic E-state index is 13.4. The zero-order valence-electron chi connectivity index (χ0n) is 15.3. The molecule has 2 aliphatic rings. The third kappa shape index (κ3) is 2.82. The van der Waals surface area contributed by atoms with Crippen molar-refractivity contribution in [2.75, 3.05) is 9.91 Å². The highest BCUT2D eigenvalue weighted by molar-refractivity contribution is 6.35. The van der Waals surface area contributed by atoms with Crippen molar-refractivity contribution in [2.24, 2.45) is 11.0 Å². The normalized spacial score (nSPS) is 20.8. The summed E-state index contributed by atoms with van der Waals surface area (Å²) in [5.41, 5.74) is 2.67. The van der Waals surface area contributed by atoms with E-state index >= 15 is 0 Å². The number of fused-ring (bicyclic) bond motifs is 1. The first-order valence-electron chi connectivity index (χ1n) is 9.27. The molecule has 1 saturated heterocycles. The molecule has 5 rings (SSSR count). The first kappa shape index (κ1) is 17.6. The molecule has 2 atom stereocenters. The van der Waals surface area contributed by atoms with E-state index in [0.29, 0.717) is 16.4 Å². The Labute approximate surface area is 172 Å². The summed E-state index contributed by atoms with van der Waals surface area (Å²) in [6.07, 6.45) is 0. The van der Waals surface area contributed by atoms with E-state index < -0.39 is 12.0 Å². The fourth-order valence-corrected chi connectivity index (χ4v) is 4.11. The van der Waals surface area contributed by atoms with Crippen molar-refractivity contribution >= 4 is 40.5 Å². The Morgan fingerprint density at radius 1 is 0.759 bits per heavy atom. The first-order valence-corrected chi connectivity index (χ1v) is 9.64. The Balaban J connectivity index is 1.64. The molecule has 1 fully saturated rings. The summed E-state index contributed by atoms with van der Waals surface area (Å²) >= 11 is 6.11. The molecule has 0 aliphatic carbocycles. The lowest BCUT2D eigenvalue weighted by Gasteiger charge is -2.22. The average Bonchev–Trinajstić information content (AvgIpc) is 3.26. The van der Waals surface area contributed by atoms with Gasteiger partial charge in [0, 0.05) is 5.02 Å². The van der Waals surface area contributed by atoms with Gasteiger partial charge in [-0.25, -0.2) is 4.90 Å². The van der Waals surface area contributed by atoms with Gasteiger partial charge < -0.3 is 0 Å². The van der Waals surface area contributed by atoms with E-state index in [1.807, 2.05) is 60.7 Å². The summed E-state index contributed by atoms with van der Waals surface area (Å²) in [7, 11) is 0. The van der Waals surface area contributed by atoms with E-state index in [9.17, 15) is 9.59 Å². The van der Waals surface area contributed by atoms with Crippen molar-refractivity contribution in [3.63, 3.8) is 0 Å².